The Morgan fingerprint density at radius 1 is 1.06 bits per heavy atom. The van der Waals surface area contributed by atoms with Crippen molar-refractivity contribution in [1.29, 1.82) is 0 Å². The highest BCUT2D eigenvalue weighted by Gasteiger charge is 2.21. The molecule has 1 rings (SSSR count). The zero-order chi connectivity index (χ0) is 13.8. The first-order valence-corrected chi connectivity index (χ1v) is 8.50. The van der Waals surface area contributed by atoms with E-state index in [1.807, 2.05) is 0 Å². The Kier molecular flexibility index (Phi) is 5.22. The first-order valence-electron chi connectivity index (χ1n) is 4.98. The summed E-state index contributed by atoms with van der Waals surface area (Å²) < 4.78 is 31.6. The molecule has 0 radical (unpaired) electrons. The molecule has 0 aliphatic carbocycles. The molecule has 2 N–H and O–H groups in total. The van der Waals surface area contributed by atoms with Crippen LogP contribution in [-0.2, 0) is 30.5 Å². The first-order chi connectivity index (χ1) is 8.28. The van der Waals surface area contributed by atoms with Crippen molar-refractivity contribution in [3.8, 4) is 0 Å². The van der Waals surface area contributed by atoms with E-state index in [9.17, 15) is 18.9 Å². The van der Waals surface area contributed by atoms with Gasteiger partial charge in [0.1, 0.15) is 0 Å². The Hall–Kier alpha value is -0.550. The van der Waals surface area contributed by atoms with Crippen LogP contribution in [0.3, 0.4) is 0 Å². The fourth-order valence-electron chi connectivity index (χ4n) is 1.24. The highest BCUT2D eigenvalue weighted by Crippen LogP contribution is 2.46. The van der Waals surface area contributed by atoms with Gasteiger partial charge in [0.25, 0.3) is 0 Å². The van der Waals surface area contributed by atoms with E-state index in [4.69, 9.17) is 0 Å². The second kappa shape index (κ2) is 6.06. The largest absolute Gasteiger partial charge is 0.333 e. The van der Waals surface area contributed by atoms with Crippen LogP contribution in [0.4, 0.5) is 0 Å². The summed E-state index contributed by atoms with van der Waals surface area (Å²) in [6, 6.07) is 4.67. The van der Waals surface area contributed by atoms with Gasteiger partial charge in [-0.3, -0.25) is 14.1 Å². The Labute approximate surface area is 105 Å². The van der Waals surface area contributed by atoms with Crippen molar-refractivity contribution in [1.82, 2.24) is 4.98 Å². The molecular formula is C9H15NO6P2. The van der Waals surface area contributed by atoms with E-state index < -0.39 is 15.2 Å². The van der Waals surface area contributed by atoms with Gasteiger partial charge in [-0.1, -0.05) is 6.07 Å². The summed E-state index contributed by atoms with van der Waals surface area (Å²) in [7, 11) is -5.12. The molecule has 0 saturated carbocycles. The Morgan fingerprint density at radius 2 is 1.44 bits per heavy atom. The topological polar surface area (TPSA) is 106 Å². The van der Waals surface area contributed by atoms with E-state index in [1.54, 1.807) is 18.2 Å². The standard InChI is InChI=1S/C9H15NO6P2/c1-15-17(11,12)6-8-4-3-5-9(10-8)7-18(13,14)16-2/h3-5H,6-7H2,1-2H3,(H,11,12)(H,13,14). The fraction of sp³-hybridized carbons (Fsp3) is 0.444. The van der Waals surface area contributed by atoms with Gasteiger partial charge >= 0.3 is 15.2 Å². The monoisotopic (exact) mass is 295 g/mol. The summed E-state index contributed by atoms with van der Waals surface area (Å²) in [6.45, 7) is 0. The van der Waals surface area contributed by atoms with Crippen molar-refractivity contribution in [2.45, 2.75) is 12.3 Å². The molecule has 102 valence electrons. The second-order valence-corrected chi connectivity index (χ2v) is 7.49. The molecule has 1 heterocycles. The predicted molar refractivity (Wildman–Crippen MR) is 65.3 cm³/mol. The summed E-state index contributed by atoms with van der Waals surface area (Å²) in [5.41, 5.74) is 0.632. The minimum absolute atomic E-state index is 0.250. The molecule has 9 heteroatoms. The van der Waals surface area contributed by atoms with Crippen LogP contribution >= 0.6 is 15.2 Å². The summed E-state index contributed by atoms with van der Waals surface area (Å²) in [4.78, 5) is 22.6. The molecule has 0 spiro atoms. The van der Waals surface area contributed by atoms with E-state index in [0.717, 1.165) is 14.2 Å². The molecule has 0 aromatic carbocycles. The number of hydrogen-bond donors (Lipinski definition) is 2. The minimum Gasteiger partial charge on any atom is -0.324 e. The predicted octanol–water partition coefficient (Wildman–Crippen LogP) is 1.75. The van der Waals surface area contributed by atoms with Crippen molar-refractivity contribution in [3.63, 3.8) is 0 Å². The molecule has 0 aliphatic heterocycles. The quantitative estimate of drug-likeness (QED) is 0.770. The highest BCUT2D eigenvalue weighted by molar-refractivity contribution is 7.52. The van der Waals surface area contributed by atoms with Crippen molar-refractivity contribution in [3.05, 3.63) is 29.6 Å². The smallest absolute Gasteiger partial charge is 0.324 e. The molecule has 0 fully saturated rings. The van der Waals surface area contributed by atoms with Crippen LogP contribution in [0.2, 0.25) is 0 Å². The van der Waals surface area contributed by atoms with Crippen molar-refractivity contribution in [2.75, 3.05) is 14.2 Å². The average molecular weight is 295 g/mol. The molecule has 0 amide bonds. The van der Waals surface area contributed by atoms with Gasteiger partial charge in [-0.15, -0.1) is 0 Å². The maximum Gasteiger partial charge on any atom is 0.333 e. The molecule has 0 bridgehead atoms. The van der Waals surface area contributed by atoms with Gasteiger partial charge in [0.05, 0.1) is 23.7 Å². The van der Waals surface area contributed by atoms with Gasteiger partial charge in [-0.05, 0) is 12.1 Å². The lowest BCUT2D eigenvalue weighted by molar-refractivity contribution is 0.313. The third kappa shape index (κ3) is 4.98. The molecule has 1 aromatic rings. The van der Waals surface area contributed by atoms with Crippen molar-refractivity contribution < 1.29 is 28.0 Å². The summed E-state index contributed by atoms with van der Waals surface area (Å²) >= 11 is 0. The molecule has 1 aromatic heterocycles. The van der Waals surface area contributed by atoms with E-state index >= 15 is 0 Å². The molecule has 2 unspecified atom stereocenters. The van der Waals surface area contributed by atoms with Crippen LogP contribution in [0, 0.1) is 0 Å². The second-order valence-electron chi connectivity index (χ2n) is 3.58. The highest BCUT2D eigenvalue weighted by atomic mass is 31.2. The SMILES string of the molecule is COP(=O)(O)Cc1cccc(CP(=O)(O)OC)n1. The van der Waals surface area contributed by atoms with Gasteiger partial charge in [0.15, 0.2) is 0 Å². The van der Waals surface area contributed by atoms with Crippen LogP contribution in [0.1, 0.15) is 11.4 Å². The number of aromatic nitrogens is 1. The van der Waals surface area contributed by atoms with Crippen LogP contribution in [-0.4, -0.2) is 29.0 Å². The fourth-order valence-corrected chi connectivity index (χ4v) is 2.67. The third-order valence-corrected chi connectivity index (χ3v) is 4.75. The van der Waals surface area contributed by atoms with Gasteiger partial charge < -0.3 is 18.8 Å². The molecule has 7 nitrogen and oxygen atoms in total. The molecule has 0 saturated heterocycles. The average Bonchev–Trinajstić information content (AvgIpc) is 2.28. The Bertz CT molecular complexity index is 464. The lowest BCUT2D eigenvalue weighted by atomic mass is 10.3. The van der Waals surface area contributed by atoms with E-state index in [0.29, 0.717) is 11.4 Å². The lowest BCUT2D eigenvalue weighted by Crippen LogP contribution is -1.98. The maximum atomic E-state index is 11.4. The maximum absolute atomic E-state index is 11.4. The van der Waals surface area contributed by atoms with Crippen molar-refractivity contribution >= 4 is 15.2 Å². The van der Waals surface area contributed by atoms with Crippen molar-refractivity contribution in [2.24, 2.45) is 0 Å². The summed E-state index contributed by atoms with van der Waals surface area (Å²) in [5, 5.41) is 0. The number of hydrogen-bond acceptors (Lipinski definition) is 5. The zero-order valence-electron chi connectivity index (χ0n) is 10.0. The molecule has 0 aliphatic rings. The van der Waals surface area contributed by atoms with E-state index in [-0.39, 0.29) is 12.3 Å². The van der Waals surface area contributed by atoms with Crippen LogP contribution in [0.5, 0.6) is 0 Å². The zero-order valence-corrected chi connectivity index (χ0v) is 11.8. The van der Waals surface area contributed by atoms with Gasteiger partial charge in [0, 0.05) is 14.2 Å². The number of pyridine rings is 1. The number of rotatable bonds is 6. The van der Waals surface area contributed by atoms with E-state index in [1.165, 1.54) is 0 Å². The molecule has 2 atom stereocenters. The van der Waals surface area contributed by atoms with E-state index in [2.05, 4.69) is 14.0 Å². The normalized spacial score (nSPS) is 18.0. The van der Waals surface area contributed by atoms with Crippen LogP contribution < -0.4 is 0 Å². The lowest BCUT2D eigenvalue weighted by Gasteiger charge is -2.11. The summed E-state index contributed by atoms with van der Waals surface area (Å²) in [5.74, 6) is 0. The van der Waals surface area contributed by atoms with Crippen LogP contribution in [0.15, 0.2) is 18.2 Å². The first kappa shape index (κ1) is 15.5. The minimum atomic E-state index is -3.70. The third-order valence-electron chi connectivity index (χ3n) is 2.16. The number of nitrogens with zero attached hydrogens (tertiary/aromatic N) is 1. The Morgan fingerprint density at radius 3 is 1.78 bits per heavy atom. The molecule has 18 heavy (non-hydrogen) atoms. The van der Waals surface area contributed by atoms with Gasteiger partial charge in [-0.25, -0.2) is 0 Å². The van der Waals surface area contributed by atoms with Gasteiger partial charge in [0.2, 0.25) is 0 Å². The summed E-state index contributed by atoms with van der Waals surface area (Å²) in [6.07, 6.45) is -0.500. The van der Waals surface area contributed by atoms with Gasteiger partial charge in [-0.2, -0.15) is 0 Å². The Balaban J connectivity index is 2.87. The van der Waals surface area contributed by atoms with Crippen LogP contribution in [0.25, 0.3) is 0 Å². The molecular weight excluding hydrogens is 280 g/mol.